The average molecular weight is 272 g/mol. The van der Waals surface area contributed by atoms with Crippen LogP contribution in [-0.2, 0) is 13.5 Å². The zero-order valence-corrected chi connectivity index (χ0v) is 13.0. The van der Waals surface area contributed by atoms with Gasteiger partial charge in [0.1, 0.15) is 5.15 Å². The second-order valence-electron chi connectivity index (χ2n) is 5.09. The van der Waals surface area contributed by atoms with Crippen molar-refractivity contribution in [3.63, 3.8) is 0 Å². The Morgan fingerprint density at radius 3 is 2.50 bits per heavy atom. The Balaban J connectivity index is 2.73. The Kier molecular flexibility index (Phi) is 6.16. The predicted molar refractivity (Wildman–Crippen MR) is 78.2 cm³/mol. The van der Waals surface area contributed by atoms with Gasteiger partial charge in [0.15, 0.2) is 0 Å². The summed E-state index contributed by atoms with van der Waals surface area (Å²) in [4.78, 5) is 0. The summed E-state index contributed by atoms with van der Waals surface area (Å²) in [6.07, 6.45) is 3.34. The van der Waals surface area contributed by atoms with Gasteiger partial charge in [0.2, 0.25) is 0 Å². The van der Waals surface area contributed by atoms with Gasteiger partial charge in [-0.3, -0.25) is 4.68 Å². The lowest BCUT2D eigenvalue weighted by Gasteiger charge is -2.23. The third kappa shape index (κ3) is 3.72. The van der Waals surface area contributed by atoms with Crippen LogP contribution in [0.3, 0.4) is 0 Å². The molecule has 0 radical (unpaired) electrons. The van der Waals surface area contributed by atoms with Crippen molar-refractivity contribution >= 4 is 11.6 Å². The van der Waals surface area contributed by atoms with Gasteiger partial charge in [-0.1, -0.05) is 31.9 Å². The lowest BCUT2D eigenvalue weighted by atomic mass is 9.91. The topological polar surface area (TPSA) is 29.9 Å². The molecular weight excluding hydrogens is 246 g/mol. The minimum absolute atomic E-state index is 0.519. The van der Waals surface area contributed by atoms with Crippen LogP contribution in [0.1, 0.15) is 44.9 Å². The third-order valence-electron chi connectivity index (χ3n) is 3.68. The quantitative estimate of drug-likeness (QED) is 0.824. The molecule has 0 bridgehead atoms. The van der Waals surface area contributed by atoms with Crippen LogP contribution in [0, 0.1) is 12.8 Å². The molecule has 104 valence electrons. The maximum Gasteiger partial charge on any atom is 0.130 e. The molecule has 2 atom stereocenters. The van der Waals surface area contributed by atoms with Crippen LogP contribution < -0.4 is 5.32 Å². The highest BCUT2D eigenvalue weighted by Gasteiger charge is 2.20. The molecular formula is C14H26ClN3. The summed E-state index contributed by atoms with van der Waals surface area (Å²) in [6, 6.07) is 0.519. The molecule has 1 aromatic rings. The second-order valence-corrected chi connectivity index (χ2v) is 5.45. The van der Waals surface area contributed by atoms with Gasteiger partial charge in [-0.2, -0.15) is 5.10 Å². The Bertz CT molecular complexity index is 373. The molecule has 0 aliphatic heterocycles. The molecule has 1 rings (SSSR count). The van der Waals surface area contributed by atoms with E-state index in [1.165, 1.54) is 12.0 Å². The van der Waals surface area contributed by atoms with Crippen LogP contribution in [0.4, 0.5) is 0 Å². The molecule has 0 aliphatic rings. The molecule has 3 nitrogen and oxygen atoms in total. The summed E-state index contributed by atoms with van der Waals surface area (Å²) >= 11 is 6.30. The third-order valence-corrected chi connectivity index (χ3v) is 4.16. The first kappa shape index (κ1) is 15.5. The maximum atomic E-state index is 6.30. The van der Waals surface area contributed by atoms with Crippen LogP contribution in [0.25, 0.3) is 0 Å². The summed E-state index contributed by atoms with van der Waals surface area (Å²) < 4.78 is 1.77. The summed E-state index contributed by atoms with van der Waals surface area (Å²) in [5, 5.41) is 8.75. The van der Waals surface area contributed by atoms with E-state index in [-0.39, 0.29) is 0 Å². The van der Waals surface area contributed by atoms with Crippen LogP contribution in [0.15, 0.2) is 0 Å². The monoisotopic (exact) mass is 271 g/mol. The molecule has 1 heterocycles. The van der Waals surface area contributed by atoms with Crippen molar-refractivity contribution in [1.29, 1.82) is 0 Å². The first-order valence-corrected chi connectivity index (χ1v) is 7.30. The van der Waals surface area contributed by atoms with Gasteiger partial charge in [-0.05, 0) is 39.2 Å². The minimum Gasteiger partial charge on any atom is -0.314 e. The van der Waals surface area contributed by atoms with Crippen molar-refractivity contribution in [3.05, 3.63) is 16.4 Å². The fourth-order valence-electron chi connectivity index (χ4n) is 2.38. The molecule has 18 heavy (non-hydrogen) atoms. The Morgan fingerprint density at radius 1 is 1.39 bits per heavy atom. The second kappa shape index (κ2) is 7.15. The first-order valence-electron chi connectivity index (χ1n) is 6.92. The van der Waals surface area contributed by atoms with Gasteiger partial charge in [0.25, 0.3) is 0 Å². The van der Waals surface area contributed by atoms with E-state index >= 15 is 0 Å². The molecule has 0 aliphatic carbocycles. The molecule has 0 spiro atoms. The first-order chi connectivity index (χ1) is 8.51. The highest BCUT2D eigenvalue weighted by molar-refractivity contribution is 6.30. The maximum absolute atomic E-state index is 6.30. The van der Waals surface area contributed by atoms with Gasteiger partial charge < -0.3 is 5.32 Å². The van der Waals surface area contributed by atoms with Crippen molar-refractivity contribution in [2.75, 3.05) is 6.54 Å². The largest absolute Gasteiger partial charge is 0.314 e. The van der Waals surface area contributed by atoms with E-state index in [4.69, 9.17) is 11.6 Å². The summed E-state index contributed by atoms with van der Waals surface area (Å²) in [5.74, 6) is 0.608. The average Bonchev–Trinajstić information content (AvgIpc) is 2.58. The fraction of sp³-hybridized carbons (Fsp3) is 0.786. The number of nitrogens with one attached hydrogen (secondary N) is 1. The van der Waals surface area contributed by atoms with Crippen LogP contribution in [0.2, 0.25) is 5.15 Å². The number of aryl methyl sites for hydroxylation is 2. The predicted octanol–water partition coefficient (Wildman–Crippen LogP) is 3.34. The summed E-state index contributed by atoms with van der Waals surface area (Å²) in [5.41, 5.74) is 2.26. The molecule has 0 aromatic carbocycles. The number of nitrogens with zero attached hydrogens (tertiary/aromatic N) is 2. The van der Waals surface area contributed by atoms with Crippen molar-refractivity contribution in [1.82, 2.24) is 15.1 Å². The molecule has 1 aromatic heterocycles. The smallest absolute Gasteiger partial charge is 0.130 e. The molecule has 0 fully saturated rings. The fourth-order valence-corrected chi connectivity index (χ4v) is 2.63. The molecule has 4 heteroatoms. The van der Waals surface area contributed by atoms with E-state index in [0.717, 1.165) is 30.2 Å². The van der Waals surface area contributed by atoms with Crippen molar-refractivity contribution in [2.24, 2.45) is 13.0 Å². The summed E-state index contributed by atoms with van der Waals surface area (Å²) in [7, 11) is 1.90. The van der Waals surface area contributed by atoms with E-state index in [1.807, 2.05) is 14.0 Å². The van der Waals surface area contributed by atoms with Crippen molar-refractivity contribution in [2.45, 2.75) is 53.0 Å². The lowest BCUT2D eigenvalue weighted by Crippen LogP contribution is -2.35. The highest BCUT2D eigenvalue weighted by Crippen LogP contribution is 2.24. The Hall–Kier alpha value is -0.540. The number of aromatic nitrogens is 2. The van der Waals surface area contributed by atoms with Crippen LogP contribution in [-0.4, -0.2) is 22.4 Å². The zero-order chi connectivity index (χ0) is 13.7. The minimum atomic E-state index is 0.519. The van der Waals surface area contributed by atoms with E-state index in [2.05, 4.69) is 31.2 Å². The Morgan fingerprint density at radius 2 is 2.06 bits per heavy atom. The SMILES string of the molecule is CCCNC(C)C(CC)Cc1c(C)nn(C)c1Cl. The molecule has 0 saturated carbocycles. The number of hydrogen-bond donors (Lipinski definition) is 1. The molecule has 0 amide bonds. The van der Waals surface area contributed by atoms with E-state index < -0.39 is 0 Å². The number of hydrogen-bond acceptors (Lipinski definition) is 2. The normalized spacial score (nSPS) is 14.8. The van der Waals surface area contributed by atoms with Gasteiger partial charge in [0.05, 0.1) is 5.69 Å². The van der Waals surface area contributed by atoms with E-state index in [9.17, 15) is 0 Å². The van der Waals surface area contributed by atoms with Gasteiger partial charge >= 0.3 is 0 Å². The lowest BCUT2D eigenvalue weighted by molar-refractivity contribution is 0.362. The molecule has 2 unspecified atom stereocenters. The molecule has 1 N–H and O–H groups in total. The van der Waals surface area contributed by atoms with Gasteiger partial charge in [-0.15, -0.1) is 0 Å². The van der Waals surface area contributed by atoms with Crippen molar-refractivity contribution in [3.8, 4) is 0 Å². The zero-order valence-electron chi connectivity index (χ0n) is 12.3. The summed E-state index contributed by atoms with van der Waals surface area (Å²) in [6.45, 7) is 9.83. The standard InChI is InChI=1S/C14H26ClN3/c1-6-8-16-10(3)12(7-2)9-13-11(4)17-18(5)14(13)15/h10,12,16H,6-9H2,1-5H3. The number of rotatable bonds is 7. The molecule has 0 saturated heterocycles. The Labute approximate surface area is 116 Å². The van der Waals surface area contributed by atoms with Gasteiger partial charge in [-0.25, -0.2) is 0 Å². The van der Waals surface area contributed by atoms with E-state index in [0.29, 0.717) is 12.0 Å². The van der Waals surface area contributed by atoms with E-state index in [1.54, 1.807) is 4.68 Å². The highest BCUT2D eigenvalue weighted by atomic mass is 35.5. The van der Waals surface area contributed by atoms with Crippen LogP contribution in [0.5, 0.6) is 0 Å². The van der Waals surface area contributed by atoms with Gasteiger partial charge in [0, 0.05) is 18.7 Å². The van der Waals surface area contributed by atoms with Crippen molar-refractivity contribution < 1.29 is 0 Å². The number of halogens is 1. The van der Waals surface area contributed by atoms with Crippen LogP contribution >= 0.6 is 11.6 Å².